The van der Waals surface area contributed by atoms with Crippen LogP contribution in [0.2, 0.25) is 0 Å². The number of benzene rings is 1. The fraction of sp³-hybridized carbons (Fsp3) is 0.500. The van der Waals surface area contributed by atoms with Gasteiger partial charge < -0.3 is 9.47 Å². The fourth-order valence-corrected chi connectivity index (χ4v) is 3.39. The molecule has 0 fully saturated rings. The van der Waals surface area contributed by atoms with Crippen LogP contribution in [0.1, 0.15) is 38.6 Å². The number of hydrogen-bond donors (Lipinski definition) is 0. The van der Waals surface area contributed by atoms with Crippen molar-refractivity contribution in [1.82, 2.24) is 14.5 Å². The quantitative estimate of drug-likeness (QED) is 0.698. The normalized spacial score (nSPS) is 11.6. The van der Waals surface area contributed by atoms with Gasteiger partial charge in [-0.3, -0.25) is 4.79 Å². The number of carbonyl (C=O) groups excluding carboxylic acids is 1. The van der Waals surface area contributed by atoms with E-state index in [1.807, 2.05) is 31.3 Å². The van der Waals surface area contributed by atoms with Crippen molar-refractivity contribution < 1.29 is 4.79 Å². The van der Waals surface area contributed by atoms with Gasteiger partial charge >= 0.3 is 0 Å². The number of aromatic nitrogens is 2. The number of carbonyl (C=O) groups is 1. The molecule has 0 N–H and O–H groups in total. The van der Waals surface area contributed by atoms with Crippen LogP contribution in [0.15, 0.2) is 41.6 Å². The molecule has 0 saturated heterocycles. The smallest absolute Gasteiger partial charge is 0.232 e. The number of amides is 1. The van der Waals surface area contributed by atoms with Gasteiger partial charge in [0.15, 0.2) is 0 Å². The standard InChI is InChI=1S/C20H29N3OS/c1-16-21-11-14-23(16)13-6-12-22(5)19(24)15-25-18-9-7-17(8-10-18)20(2,3)4/h7-11,14H,6,12-13,15H2,1-5H3. The highest BCUT2D eigenvalue weighted by molar-refractivity contribution is 8.00. The molecule has 0 aliphatic rings. The third kappa shape index (κ3) is 5.92. The zero-order chi connectivity index (χ0) is 18.4. The van der Waals surface area contributed by atoms with Crippen molar-refractivity contribution in [2.24, 2.45) is 0 Å². The van der Waals surface area contributed by atoms with E-state index in [1.54, 1.807) is 11.8 Å². The van der Waals surface area contributed by atoms with Crippen LogP contribution < -0.4 is 0 Å². The monoisotopic (exact) mass is 359 g/mol. The van der Waals surface area contributed by atoms with Gasteiger partial charge in [0.2, 0.25) is 5.91 Å². The molecule has 0 unspecified atom stereocenters. The number of imidazole rings is 1. The van der Waals surface area contributed by atoms with Crippen molar-refractivity contribution in [2.75, 3.05) is 19.3 Å². The molecule has 0 aliphatic heterocycles. The summed E-state index contributed by atoms with van der Waals surface area (Å²) in [5, 5.41) is 0. The summed E-state index contributed by atoms with van der Waals surface area (Å²) in [7, 11) is 1.88. The molecule has 0 saturated carbocycles. The molecule has 2 aromatic rings. The second-order valence-electron chi connectivity index (χ2n) is 7.40. The van der Waals surface area contributed by atoms with Gasteiger partial charge in [-0.2, -0.15) is 0 Å². The Morgan fingerprint density at radius 3 is 2.48 bits per heavy atom. The van der Waals surface area contributed by atoms with Crippen molar-refractivity contribution in [3.8, 4) is 0 Å². The van der Waals surface area contributed by atoms with E-state index in [0.29, 0.717) is 5.75 Å². The van der Waals surface area contributed by atoms with Crippen molar-refractivity contribution in [1.29, 1.82) is 0 Å². The summed E-state index contributed by atoms with van der Waals surface area (Å²) >= 11 is 1.60. The fourth-order valence-electron chi connectivity index (χ4n) is 2.55. The van der Waals surface area contributed by atoms with Crippen molar-refractivity contribution >= 4 is 17.7 Å². The van der Waals surface area contributed by atoms with E-state index in [9.17, 15) is 4.79 Å². The maximum Gasteiger partial charge on any atom is 0.232 e. The summed E-state index contributed by atoms with van der Waals surface area (Å²) in [5.74, 6) is 1.67. The van der Waals surface area contributed by atoms with E-state index in [2.05, 4.69) is 54.6 Å². The van der Waals surface area contributed by atoms with Crippen LogP contribution in [0, 0.1) is 6.92 Å². The summed E-state index contributed by atoms with van der Waals surface area (Å²) in [6.07, 6.45) is 4.73. The van der Waals surface area contributed by atoms with E-state index in [-0.39, 0.29) is 11.3 Å². The van der Waals surface area contributed by atoms with Gasteiger partial charge in [-0.1, -0.05) is 32.9 Å². The molecule has 4 nitrogen and oxygen atoms in total. The number of aryl methyl sites for hydroxylation is 2. The summed E-state index contributed by atoms with van der Waals surface area (Å²) < 4.78 is 2.11. The van der Waals surface area contributed by atoms with Crippen LogP contribution in [-0.2, 0) is 16.8 Å². The molecule has 136 valence electrons. The zero-order valence-corrected chi connectivity index (χ0v) is 16.8. The SMILES string of the molecule is Cc1nccn1CCCN(C)C(=O)CSc1ccc(C(C)(C)C)cc1. The molecule has 25 heavy (non-hydrogen) atoms. The highest BCUT2D eigenvalue weighted by atomic mass is 32.2. The molecule has 0 atom stereocenters. The average Bonchev–Trinajstić information content (AvgIpc) is 2.97. The number of rotatable bonds is 7. The molecule has 1 aromatic carbocycles. The molecule has 0 bridgehead atoms. The van der Waals surface area contributed by atoms with E-state index in [0.717, 1.165) is 30.2 Å². The average molecular weight is 360 g/mol. The molecule has 0 spiro atoms. The zero-order valence-electron chi connectivity index (χ0n) is 16.0. The molecule has 2 rings (SSSR count). The van der Waals surface area contributed by atoms with E-state index >= 15 is 0 Å². The summed E-state index contributed by atoms with van der Waals surface area (Å²) in [5.41, 5.74) is 1.47. The molecule has 1 aromatic heterocycles. The van der Waals surface area contributed by atoms with Gasteiger partial charge in [0.25, 0.3) is 0 Å². The van der Waals surface area contributed by atoms with Crippen LogP contribution in [-0.4, -0.2) is 39.7 Å². The molecule has 0 radical (unpaired) electrons. The first-order chi connectivity index (χ1) is 11.8. The van der Waals surface area contributed by atoms with E-state index in [1.165, 1.54) is 5.56 Å². The molecule has 1 heterocycles. The lowest BCUT2D eigenvalue weighted by Crippen LogP contribution is -2.29. The van der Waals surface area contributed by atoms with Crippen LogP contribution >= 0.6 is 11.8 Å². The predicted molar refractivity (Wildman–Crippen MR) is 105 cm³/mol. The van der Waals surface area contributed by atoms with Crippen molar-refractivity contribution in [3.63, 3.8) is 0 Å². The Morgan fingerprint density at radius 2 is 1.92 bits per heavy atom. The highest BCUT2D eigenvalue weighted by Gasteiger charge is 2.14. The number of thioether (sulfide) groups is 1. The summed E-state index contributed by atoms with van der Waals surface area (Å²) in [6.45, 7) is 10.3. The first-order valence-corrected chi connectivity index (χ1v) is 9.71. The van der Waals surface area contributed by atoms with E-state index in [4.69, 9.17) is 0 Å². The minimum atomic E-state index is 0.160. The Morgan fingerprint density at radius 1 is 1.24 bits per heavy atom. The summed E-state index contributed by atoms with van der Waals surface area (Å²) in [4.78, 5) is 19.5. The lowest BCUT2D eigenvalue weighted by molar-refractivity contribution is -0.127. The maximum atomic E-state index is 12.3. The topological polar surface area (TPSA) is 38.1 Å². The van der Waals surface area contributed by atoms with Gasteiger partial charge in [-0.05, 0) is 36.5 Å². The minimum absolute atomic E-state index is 0.160. The lowest BCUT2D eigenvalue weighted by Gasteiger charge is -2.19. The lowest BCUT2D eigenvalue weighted by atomic mass is 9.87. The minimum Gasteiger partial charge on any atom is -0.345 e. The van der Waals surface area contributed by atoms with Crippen molar-refractivity contribution in [2.45, 2.75) is 51.0 Å². The van der Waals surface area contributed by atoms with Crippen LogP contribution in [0.5, 0.6) is 0 Å². The Labute approximate surface area is 155 Å². The van der Waals surface area contributed by atoms with Crippen LogP contribution in [0.3, 0.4) is 0 Å². The molecule has 1 amide bonds. The molecular formula is C20H29N3OS. The van der Waals surface area contributed by atoms with Crippen LogP contribution in [0.4, 0.5) is 0 Å². The van der Waals surface area contributed by atoms with Crippen LogP contribution in [0.25, 0.3) is 0 Å². The summed E-state index contributed by atoms with van der Waals surface area (Å²) in [6, 6.07) is 8.54. The van der Waals surface area contributed by atoms with Gasteiger partial charge in [0, 0.05) is 37.4 Å². The third-order valence-corrected chi connectivity index (χ3v) is 5.32. The maximum absolute atomic E-state index is 12.3. The third-order valence-electron chi connectivity index (χ3n) is 4.32. The highest BCUT2D eigenvalue weighted by Crippen LogP contribution is 2.25. The Hall–Kier alpha value is -1.75. The Bertz CT molecular complexity index is 686. The number of hydrogen-bond acceptors (Lipinski definition) is 3. The Kier molecular flexibility index (Phi) is 6.71. The van der Waals surface area contributed by atoms with E-state index < -0.39 is 0 Å². The van der Waals surface area contributed by atoms with Crippen molar-refractivity contribution in [3.05, 3.63) is 48.0 Å². The first-order valence-electron chi connectivity index (χ1n) is 8.72. The second-order valence-corrected chi connectivity index (χ2v) is 8.45. The number of nitrogens with zero attached hydrogens (tertiary/aromatic N) is 3. The molecule has 5 heteroatoms. The van der Waals surface area contributed by atoms with Gasteiger partial charge in [0.05, 0.1) is 5.75 Å². The van der Waals surface area contributed by atoms with Gasteiger partial charge in [-0.15, -0.1) is 11.8 Å². The largest absolute Gasteiger partial charge is 0.345 e. The van der Waals surface area contributed by atoms with Gasteiger partial charge in [-0.25, -0.2) is 4.98 Å². The molecule has 0 aliphatic carbocycles. The Balaban J connectivity index is 1.74. The van der Waals surface area contributed by atoms with Gasteiger partial charge in [0.1, 0.15) is 5.82 Å². The second kappa shape index (κ2) is 8.56. The predicted octanol–water partition coefficient (Wildman–Crippen LogP) is 4.13. The first kappa shape index (κ1) is 19.6. The molecular weight excluding hydrogens is 330 g/mol.